The molecule has 0 aromatic heterocycles. The minimum Gasteiger partial charge on any atom is -0.274 e. The van der Waals surface area contributed by atoms with Gasteiger partial charge in [0.15, 0.2) is 0 Å². The molecule has 0 aliphatic carbocycles. The van der Waals surface area contributed by atoms with E-state index in [1.165, 1.54) is 0 Å². The van der Waals surface area contributed by atoms with Gasteiger partial charge in [0.25, 0.3) is 0 Å². The number of hydrogen-bond donors (Lipinski definition) is 0. The predicted octanol–water partition coefficient (Wildman–Crippen LogP) is -1.87. The molecule has 1 radical (unpaired) electrons. The van der Waals surface area contributed by atoms with Crippen LogP contribution in [0.2, 0.25) is 0 Å². The monoisotopic (exact) mass is 523 g/mol. The number of rotatable bonds is 0. The normalized spacial score (nSPS) is 1.85. The molecule has 0 atom stereocenters. The Labute approximate surface area is 134 Å². The number of hydrogen-bond acceptors (Lipinski definition) is 6. The Morgan fingerprint density at radius 1 is 0.538 bits per heavy atom. The Balaban J connectivity index is -0.00000000720. The maximum Gasteiger partial charge on any atom is 0.549 e. The maximum absolute atomic E-state index is 8.40. The summed E-state index contributed by atoms with van der Waals surface area (Å²) in [5.41, 5.74) is 0. The molecule has 6 nitrogen and oxygen atoms in total. The summed E-state index contributed by atoms with van der Waals surface area (Å²) in [6.45, 7) is 0. The van der Waals surface area contributed by atoms with Crippen molar-refractivity contribution in [2.24, 2.45) is 0 Å². The minimum atomic E-state index is -1.42. The zero-order valence-corrected chi connectivity index (χ0v) is 15.7. The predicted molar refractivity (Wildman–Crippen MR) is 21.4 cm³/mol. The average molecular weight is 523 g/mol. The van der Waals surface area contributed by atoms with Gasteiger partial charge in [0, 0.05) is 81.6 Å². The third-order valence-electron chi connectivity index (χ3n) is 0. The van der Waals surface area contributed by atoms with Crippen molar-refractivity contribution in [1.82, 2.24) is 0 Å². The van der Waals surface area contributed by atoms with Crippen LogP contribution in [-0.2, 0) is 108 Å². The van der Waals surface area contributed by atoms with Crippen LogP contribution in [0.3, 0.4) is 0 Å². The molecule has 0 amide bonds. The van der Waals surface area contributed by atoms with E-state index in [1.54, 1.807) is 0 Å². The van der Waals surface area contributed by atoms with Crippen molar-refractivity contribution in [3.05, 3.63) is 0 Å². The van der Waals surface area contributed by atoms with Crippen molar-refractivity contribution in [1.29, 1.82) is 0 Å². The van der Waals surface area contributed by atoms with Crippen LogP contribution >= 0.6 is 0 Å². The Morgan fingerprint density at radius 3 is 0.538 bits per heavy atom. The second-order valence-corrected chi connectivity index (χ2v) is 0.750. The fourth-order valence-electron chi connectivity index (χ4n) is 0. The van der Waals surface area contributed by atoms with E-state index >= 15 is 0 Å². The molecule has 0 N–H and O–H groups in total. The fourth-order valence-corrected chi connectivity index (χ4v) is 0. The van der Waals surface area contributed by atoms with E-state index in [1.807, 2.05) is 0 Å². The molecule has 0 spiro atoms. The topological polar surface area (TPSA) is 102 Å². The standard InChI is InChI=1S/Cu.3O2Si.2Ti.W/c;3*1-3-2;;;. The first-order valence-electron chi connectivity index (χ1n) is 1.22. The molecule has 13 heavy (non-hydrogen) atoms. The van der Waals surface area contributed by atoms with Gasteiger partial charge in [-0.15, -0.1) is 0 Å². The summed E-state index contributed by atoms with van der Waals surface area (Å²) in [5.74, 6) is 0. The molecule has 73 valence electrons. The smallest absolute Gasteiger partial charge is 0.274 e. The zero-order chi connectivity index (χ0) is 8.12. The van der Waals surface area contributed by atoms with E-state index in [0.717, 1.165) is 0 Å². The van der Waals surface area contributed by atoms with Gasteiger partial charge in [0.2, 0.25) is 0 Å². The molecule has 0 unspecified atom stereocenters. The molecule has 0 fully saturated rings. The molecule has 0 aliphatic rings. The van der Waals surface area contributed by atoms with Crippen LogP contribution in [-0.4, -0.2) is 27.9 Å². The van der Waals surface area contributed by atoms with Crippen molar-refractivity contribution in [2.75, 3.05) is 0 Å². The van der Waals surface area contributed by atoms with Crippen LogP contribution in [0.4, 0.5) is 0 Å². The Morgan fingerprint density at radius 2 is 0.538 bits per heavy atom. The summed E-state index contributed by atoms with van der Waals surface area (Å²) in [4.78, 5) is 0. The Hall–Kier alpha value is 2.09. The zero-order valence-electron chi connectivity index (χ0n) is 5.66. The molecule has 0 bridgehead atoms. The first kappa shape index (κ1) is 45.8. The molecular formula is CuO6Si3Ti2W. The second kappa shape index (κ2) is 93.2. The molecule has 0 aromatic carbocycles. The maximum atomic E-state index is 8.40. The quantitative estimate of drug-likeness (QED) is 0.345. The third kappa shape index (κ3) is 473. The summed E-state index contributed by atoms with van der Waals surface area (Å²) < 4.78 is 50.4. The van der Waals surface area contributed by atoms with Gasteiger partial charge >= 0.3 is 27.9 Å². The molecular weight excluding hydrogens is 523 g/mol. The molecule has 0 saturated heterocycles. The van der Waals surface area contributed by atoms with Crippen molar-refractivity contribution in [2.45, 2.75) is 0 Å². The van der Waals surface area contributed by atoms with Crippen LogP contribution < -0.4 is 0 Å². The van der Waals surface area contributed by atoms with Crippen LogP contribution in [0.1, 0.15) is 0 Å². The second-order valence-electron chi connectivity index (χ2n) is 0.250. The van der Waals surface area contributed by atoms with E-state index in [2.05, 4.69) is 0 Å². The van der Waals surface area contributed by atoms with E-state index < -0.39 is 27.9 Å². The largest absolute Gasteiger partial charge is 0.549 e. The molecule has 0 heterocycles. The van der Waals surface area contributed by atoms with Crippen molar-refractivity contribution < 1.29 is 108 Å². The van der Waals surface area contributed by atoms with Gasteiger partial charge < -0.3 is 0 Å². The summed E-state index contributed by atoms with van der Waals surface area (Å²) >= 11 is 0. The van der Waals surface area contributed by atoms with Gasteiger partial charge in [-0.1, -0.05) is 0 Å². The fraction of sp³-hybridized carbons (Fsp3) is 0. The van der Waals surface area contributed by atoms with E-state index in [4.69, 9.17) is 26.8 Å². The first-order chi connectivity index (χ1) is 4.24. The van der Waals surface area contributed by atoms with Gasteiger partial charge in [0.1, 0.15) is 0 Å². The van der Waals surface area contributed by atoms with Gasteiger partial charge in [-0.05, 0) is 0 Å². The molecule has 0 saturated carbocycles. The van der Waals surface area contributed by atoms with E-state index in [-0.39, 0.29) is 81.6 Å². The first-order valence-corrected chi connectivity index (χ1v) is 3.67. The molecule has 13 heteroatoms. The summed E-state index contributed by atoms with van der Waals surface area (Å²) in [6.07, 6.45) is 0. The van der Waals surface area contributed by atoms with E-state index in [9.17, 15) is 0 Å². The van der Waals surface area contributed by atoms with Gasteiger partial charge in [0.05, 0.1) is 0 Å². The van der Waals surface area contributed by atoms with Crippen molar-refractivity contribution in [3.63, 3.8) is 0 Å². The van der Waals surface area contributed by atoms with Crippen LogP contribution in [0, 0.1) is 0 Å². The minimum absolute atomic E-state index is 0. The average Bonchev–Trinajstić information content (AvgIpc) is 1.70. The van der Waals surface area contributed by atoms with Crippen molar-refractivity contribution in [3.8, 4) is 0 Å². The Bertz CT molecular complexity index is 117. The summed E-state index contributed by atoms with van der Waals surface area (Å²) in [6, 6.07) is 0. The molecule has 0 aromatic rings. The molecule has 0 aliphatic heterocycles. The van der Waals surface area contributed by atoms with Gasteiger partial charge in [-0.3, -0.25) is 26.8 Å². The summed E-state index contributed by atoms with van der Waals surface area (Å²) in [5, 5.41) is 0. The third-order valence-corrected chi connectivity index (χ3v) is 0. The van der Waals surface area contributed by atoms with Crippen molar-refractivity contribution >= 4 is 27.9 Å². The van der Waals surface area contributed by atoms with Gasteiger partial charge in [-0.25, -0.2) is 0 Å². The van der Waals surface area contributed by atoms with E-state index in [0.29, 0.717) is 0 Å². The Kier molecular flexibility index (Phi) is 328. The van der Waals surface area contributed by atoms with Gasteiger partial charge in [-0.2, -0.15) is 0 Å². The SMILES string of the molecule is O=[Si]=O.O=[Si]=O.O=[Si]=O.[Cu].[Ti].[Ti].[W]. The van der Waals surface area contributed by atoms with Crippen LogP contribution in [0.5, 0.6) is 0 Å². The summed E-state index contributed by atoms with van der Waals surface area (Å²) in [7, 11) is -4.25. The van der Waals surface area contributed by atoms with Crippen LogP contribution in [0.25, 0.3) is 0 Å². The van der Waals surface area contributed by atoms with Crippen LogP contribution in [0.15, 0.2) is 0 Å². The molecule has 0 rings (SSSR count).